The smallest absolute Gasteiger partial charge is 0.166 e. The Bertz CT molecular complexity index is 3330. The fourth-order valence-electron chi connectivity index (χ4n) is 8.03. The van der Waals surface area contributed by atoms with Crippen molar-refractivity contribution in [3.63, 3.8) is 0 Å². The topological polar surface area (TPSA) is 121 Å². The summed E-state index contributed by atoms with van der Waals surface area (Å²) in [5, 5.41) is 2.13. The monoisotopic (exact) mass is 812 g/mol. The minimum atomic E-state index is 0.499. The van der Waals surface area contributed by atoms with Gasteiger partial charge in [-0.2, -0.15) is 0 Å². The molecule has 0 aliphatic heterocycles. The van der Waals surface area contributed by atoms with Crippen LogP contribution in [-0.2, 0) is 0 Å². The highest BCUT2D eigenvalue weighted by atomic mass is 15.1. The van der Waals surface area contributed by atoms with E-state index in [9.17, 15) is 0 Å². The zero-order valence-corrected chi connectivity index (χ0v) is 34.3. The van der Waals surface area contributed by atoms with Crippen molar-refractivity contribution in [3.05, 3.63) is 194 Å². The zero-order chi connectivity index (χ0) is 42.3. The van der Waals surface area contributed by atoms with Gasteiger partial charge in [-0.05, 0) is 56.3 Å². The summed E-state index contributed by atoms with van der Waals surface area (Å²) in [7, 11) is 0. The highest BCUT2D eigenvalue weighted by Crippen LogP contribution is 2.39. The zero-order valence-electron chi connectivity index (χ0n) is 34.3. The van der Waals surface area contributed by atoms with Crippen LogP contribution in [0.1, 0.15) is 11.6 Å². The molecule has 0 aliphatic rings. The fraction of sp³-hybridized carbons (Fsp3) is 0.0377. The molecule has 0 atom stereocenters. The maximum atomic E-state index is 5.25. The van der Waals surface area contributed by atoms with Crippen LogP contribution >= 0.6 is 0 Å². The van der Waals surface area contributed by atoms with E-state index in [0.29, 0.717) is 52.4 Å². The third-order valence-corrected chi connectivity index (χ3v) is 10.9. The molecule has 298 valence electrons. The lowest BCUT2D eigenvalue weighted by Gasteiger charge is -2.16. The highest BCUT2D eigenvalue weighted by Gasteiger charge is 2.22. The number of benzene rings is 7. The normalized spacial score (nSPS) is 11.3. The summed E-state index contributed by atoms with van der Waals surface area (Å²) < 4.78 is 2.28. The summed E-state index contributed by atoms with van der Waals surface area (Å²) in [6.45, 7) is 3.78. The highest BCUT2D eigenvalue weighted by molar-refractivity contribution is 6.11. The van der Waals surface area contributed by atoms with Crippen LogP contribution in [0.4, 0.5) is 0 Å². The molecule has 63 heavy (non-hydrogen) atoms. The van der Waals surface area contributed by atoms with Crippen molar-refractivity contribution < 1.29 is 0 Å². The predicted molar refractivity (Wildman–Crippen MR) is 248 cm³/mol. The Hall–Kier alpha value is -8.63. The maximum Gasteiger partial charge on any atom is 0.166 e. The molecule has 0 saturated heterocycles. The largest absolute Gasteiger partial charge is 0.309 e. The number of hydrogen-bond acceptors (Lipinski definition) is 9. The van der Waals surface area contributed by atoms with E-state index in [1.54, 1.807) is 0 Å². The van der Waals surface area contributed by atoms with E-state index in [0.717, 1.165) is 66.4 Å². The maximum absolute atomic E-state index is 5.25. The van der Waals surface area contributed by atoms with Gasteiger partial charge in [0.2, 0.25) is 0 Å². The van der Waals surface area contributed by atoms with E-state index in [-0.39, 0.29) is 0 Å². The van der Waals surface area contributed by atoms with Gasteiger partial charge < -0.3 is 4.57 Å². The van der Waals surface area contributed by atoms with Crippen molar-refractivity contribution >= 4 is 21.8 Å². The quantitative estimate of drug-likeness (QED) is 0.148. The van der Waals surface area contributed by atoms with Crippen LogP contribution in [-0.4, -0.2) is 49.4 Å². The van der Waals surface area contributed by atoms with Crippen molar-refractivity contribution in [2.24, 2.45) is 0 Å². The molecule has 0 unspecified atom stereocenters. The van der Waals surface area contributed by atoms with E-state index in [2.05, 4.69) is 70.2 Å². The summed E-state index contributed by atoms with van der Waals surface area (Å²) in [6.07, 6.45) is 0. The molecule has 0 fully saturated rings. The lowest BCUT2D eigenvalue weighted by atomic mass is 10.1. The van der Waals surface area contributed by atoms with Crippen LogP contribution in [0.15, 0.2) is 182 Å². The third-order valence-electron chi connectivity index (χ3n) is 10.9. The summed E-state index contributed by atoms with van der Waals surface area (Å²) >= 11 is 0. The van der Waals surface area contributed by atoms with Crippen molar-refractivity contribution in [3.8, 4) is 85.4 Å². The SMILES string of the molecule is Cc1nc(C)nc(-c2ccc3c(c2)c2ccccc2n3-c2ccc(-c3nc(-c4ccccc4)nc(-c4ccccc4)n3)cc2-c2nc(-c3ccccc3)nc(-c3ccccc3)n2)n1. The molecule has 0 amide bonds. The van der Waals surface area contributed by atoms with Crippen molar-refractivity contribution in [1.29, 1.82) is 0 Å². The molecule has 10 nitrogen and oxygen atoms in total. The molecule has 0 saturated carbocycles. The van der Waals surface area contributed by atoms with Crippen LogP contribution in [0.2, 0.25) is 0 Å². The van der Waals surface area contributed by atoms with Gasteiger partial charge in [-0.25, -0.2) is 44.9 Å². The fourth-order valence-corrected chi connectivity index (χ4v) is 8.03. The number of nitrogens with zero attached hydrogens (tertiary/aromatic N) is 10. The second kappa shape index (κ2) is 15.8. The molecule has 7 aromatic carbocycles. The number of aromatic nitrogens is 10. The molecule has 0 radical (unpaired) electrons. The Morgan fingerprint density at radius 1 is 0.286 bits per heavy atom. The van der Waals surface area contributed by atoms with E-state index < -0.39 is 0 Å². The Labute approximate surface area is 362 Å². The molecule has 0 bridgehead atoms. The van der Waals surface area contributed by atoms with Gasteiger partial charge in [0.1, 0.15) is 11.6 Å². The summed E-state index contributed by atoms with van der Waals surface area (Å²) in [5.74, 6) is 5.28. The number of para-hydroxylation sites is 1. The first-order chi connectivity index (χ1) is 31.0. The minimum absolute atomic E-state index is 0.499. The van der Waals surface area contributed by atoms with E-state index in [1.165, 1.54) is 0 Å². The lowest BCUT2D eigenvalue weighted by Crippen LogP contribution is -2.05. The molecule has 10 heteroatoms. The number of hydrogen-bond donors (Lipinski definition) is 0. The molecular weight excluding hydrogens is 777 g/mol. The summed E-state index contributed by atoms with van der Waals surface area (Å²) in [6, 6.07) is 61.1. The first kappa shape index (κ1) is 37.4. The number of rotatable bonds is 8. The number of fused-ring (bicyclic) bond motifs is 3. The molecular formula is C53H36N10. The van der Waals surface area contributed by atoms with Crippen LogP contribution in [0.5, 0.6) is 0 Å². The van der Waals surface area contributed by atoms with E-state index in [4.69, 9.17) is 39.9 Å². The van der Waals surface area contributed by atoms with Gasteiger partial charge in [0.15, 0.2) is 40.8 Å². The second-order valence-electron chi connectivity index (χ2n) is 15.1. The molecule has 11 aromatic rings. The molecule has 0 aliphatic carbocycles. The van der Waals surface area contributed by atoms with E-state index >= 15 is 0 Å². The Morgan fingerprint density at radius 3 is 1.17 bits per heavy atom. The second-order valence-corrected chi connectivity index (χ2v) is 15.1. The van der Waals surface area contributed by atoms with Crippen LogP contribution < -0.4 is 0 Å². The summed E-state index contributed by atoms with van der Waals surface area (Å²) in [5.41, 5.74) is 8.86. The molecule has 0 N–H and O–H groups in total. The Balaban J connectivity index is 1.19. The van der Waals surface area contributed by atoms with Gasteiger partial charge in [-0.1, -0.05) is 140 Å². The van der Waals surface area contributed by atoms with Gasteiger partial charge in [-0.3, -0.25) is 0 Å². The van der Waals surface area contributed by atoms with Crippen molar-refractivity contribution in [1.82, 2.24) is 49.4 Å². The van der Waals surface area contributed by atoms with Crippen molar-refractivity contribution in [2.75, 3.05) is 0 Å². The Kier molecular flexibility index (Phi) is 9.35. The Morgan fingerprint density at radius 2 is 0.667 bits per heavy atom. The van der Waals surface area contributed by atoms with Gasteiger partial charge in [0.25, 0.3) is 0 Å². The average Bonchev–Trinajstić information content (AvgIpc) is 3.68. The molecule has 4 aromatic heterocycles. The first-order valence-electron chi connectivity index (χ1n) is 20.6. The summed E-state index contributed by atoms with van der Waals surface area (Å²) in [4.78, 5) is 44.5. The predicted octanol–water partition coefficient (Wildman–Crippen LogP) is 11.6. The minimum Gasteiger partial charge on any atom is -0.309 e. The van der Waals surface area contributed by atoms with Crippen molar-refractivity contribution in [2.45, 2.75) is 13.8 Å². The number of aryl methyl sites for hydroxylation is 2. The van der Waals surface area contributed by atoms with Crippen LogP contribution in [0.25, 0.3) is 107 Å². The van der Waals surface area contributed by atoms with Crippen LogP contribution in [0.3, 0.4) is 0 Å². The standard InChI is InChI=1S/C53H36N10/c1-33-54-34(2)56-51(55-33)39-27-29-45-42(31-39)41-25-15-16-26-44(41)63(45)46-30-28-40(52-59-47(35-17-7-3-8-18-35)57-48(60-52)36-19-9-4-10-20-36)32-43(46)53-61-49(37-21-11-5-12-22-37)58-50(62-53)38-23-13-6-14-24-38/h3-32H,1-2H3. The molecule has 4 heterocycles. The lowest BCUT2D eigenvalue weighted by molar-refractivity contribution is 0.929. The van der Waals surface area contributed by atoms with E-state index in [1.807, 2.05) is 135 Å². The van der Waals surface area contributed by atoms with Gasteiger partial charge in [-0.15, -0.1) is 0 Å². The first-order valence-corrected chi connectivity index (χ1v) is 20.6. The molecule has 11 rings (SSSR count). The van der Waals surface area contributed by atoms with Crippen LogP contribution in [0, 0.1) is 13.8 Å². The van der Waals surface area contributed by atoms with Gasteiger partial charge in [0, 0.05) is 49.7 Å². The average molecular weight is 813 g/mol. The van der Waals surface area contributed by atoms with Gasteiger partial charge >= 0.3 is 0 Å². The molecule has 0 spiro atoms. The third kappa shape index (κ3) is 7.15. The van der Waals surface area contributed by atoms with Gasteiger partial charge in [0.05, 0.1) is 16.7 Å².